The minimum Gasteiger partial charge on any atom is -0.489 e. The second kappa shape index (κ2) is 4.47. The average Bonchev–Trinajstić information content (AvgIpc) is 2.90. The quantitative estimate of drug-likeness (QED) is 0.909. The van der Waals surface area contributed by atoms with E-state index in [4.69, 9.17) is 16.3 Å². The van der Waals surface area contributed by atoms with Crippen LogP contribution < -0.4 is 4.74 Å². The smallest absolute Gasteiger partial charge is 0.341 e. The van der Waals surface area contributed by atoms with Gasteiger partial charge in [0.25, 0.3) is 0 Å². The van der Waals surface area contributed by atoms with Crippen molar-refractivity contribution in [1.82, 2.24) is 0 Å². The molecule has 2 saturated carbocycles. The van der Waals surface area contributed by atoms with Crippen molar-refractivity contribution in [3.8, 4) is 5.75 Å². The highest BCUT2D eigenvalue weighted by Gasteiger charge is 2.41. The maximum atomic E-state index is 11.2. The van der Waals surface area contributed by atoms with Gasteiger partial charge >= 0.3 is 5.97 Å². The second-order valence-electron chi connectivity index (χ2n) is 5.25. The van der Waals surface area contributed by atoms with Crippen LogP contribution in [0, 0.1) is 11.8 Å². The minimum atomic E-state index is -1.03. The standard InChI is InChI=1S/C14H15ClO3/c15-10-2-1-3-11(13(10)14(16)17)18-12-7-8-4-5-9(12)6-8/h1-3,8-9,12H,4-7H2,(H,16,17). The lowest BCUT2D eigenvalue weighted by molar-refractivity contribution is 0.0684. The first kappa shape index (κ1) is 11.8. The molecule has 1 aromatic rings. The fraction of sp³-hybridized carbons (Fsp3) is 0.500. The summed E-state index contributed by atoms with van der Waals surface area (Å²) < 4.78 is 5.92. The molecule has 2 aliphatic rings. The summed E-state index contributed by atoms with van der Waals surface area (Å²) in [5, 5.41) is 9.43. The van der Waals surface area contributed by atoms with E-state index in [0.29, 0.717) is 11.7 Å². The van der Waals surface area contributed by atoms with Crippen LogP contribution >= 0.6 is 11.6 Å². The lowest BCUT2D eigenvalue weighted by atomic mass is 9.97. The predicted octanol–water partition coefficient (Wildman–Crippen LogP) is 3.61. The summed E-state index contributed by atoms with van der Waals surface area (Å²) in [6, 6.07) is 5.01. The Hall–Kier alpha value is -1.22. The van der Waals surface area contributed by atoms with Crippen LogP contribution in [0.4, 0.5) is 0 Å². The van der Waals surface area contributed by atoms with Gasteiger partial charge in [-0.3, -0.25) is 0 Å². The van der Waals surface area contributed by atoms with Crippen LogP contribution in [0.1, 0.15) is 36.0 Å². The Kier molecular flexibility index (Phi) is 2.94. The third kappa shape index (κ3) is 1.97. The predicted molar refractivity (Wildman–Crippen MR) is 68.3 cm³/mol. The third-order valence-electron chi connectivity index (χ3n) is 4.14. The van der Waals surface area contributed by atoms with E-state index in [9.17, 15) is 9.90 Å². The molecule has 0 aromatic heterocycles. The van der Waals surface area contributed by atoms with Crippen molar-refractivity contribution in [3.63, 3.8) is 0 Å². The molecule has 0 spiro atoms. The van der Waals surface area contributed by atoms with Crippen molar-refractivity contribution in [1.29, 1.82) is 0 Å². The molecule has 0 aliphatic heterocycles. The Bertz CT molecular complexity index is 486. The number of hydrogen-bond donors (Lipinski definition) is 1. The second-order valence-corrected chi connectivity index (χ2v) is 5.66. The average molecular weight is 267 g/mol. The van der Waals surface area contributed by atoms with E-state index in [1.807, 2.05) is 0 Å². The fourth-order valence-corrected chi connectivity index (χ4v) is 3.55. The molecule has 1 N–H and O–H groups in total. The van der Waals surface area contributed by atoms with Gasteiger partial charge in [0.2, 0.25) is 0 Å². The third-order valence-corrected chi connectivity index (χ3v) is 4.46. The van der Waals surface area contributed by atoms with Gasteiger partial charge in [0.05, 0.1) is 5.02 Å². The molecule has 2 bridgehead atoms. The highest BCUT2D eigenvalue weighted by Crippen LogP contribution is 2.46. The molecule has 0 saturated heterocycles. The van der Waals surface area contributed by atoms with Gasteiger partial charge < -0.3 is 9.84 Å². The van der Waals surface area contributed by atoms with E-state index in [0.717, 1.165) is 12.3 Å². The first-order valence-electron chi connectivity index (χ1n) is 6.33. The summed E-state index contributed by atoms with van der Waals surface area (Å²) in [5.41, 5.74) is 0.0851. The van der Waals surface area contributed by atoms with Crippen LogP contribution in [0.3, 0.4) is 0 Å². The highest BCUT2D eigenvalue weighted by atomic mass is 35.5. The van der Waals surface area contributed by atoms with Gasteiger partial charge in [0.1, 0.15) is 17.4 Å². The molecule has 4 heteroatoms. The van der Waals surface area contributed by atoms with Crippen molar-refractivity contribution < 1.29 is 14.6 Å². The zero-order valence-electron chi connectivity index (χ0n) is 9.93. The number of aromatic carboxylic acids is 1. The molecule has 2 aliphatic carbocycles. The van der Waals surface area contributed by atoms with Crippen LogP contribution in [0.2, 0.25) is 5.02 Å². The van der Waals surface area contributed by atoms with E-state index in [2.05, 4.69) is 0 Å². The number of rotatable bonds is 3. The van der Waals surface area contributed by atoms with E-state index >= 15 is 0 Å². The number of carboxylic acids is 1. The molecule has 3 nitrogen and oxygen atoms in total. The fourth-order valence-electron chi connectivity index (χ4n) is 3.30. The molecular weight excluding hydrogens is 252 g/mol. The van der Waals surface area contributed by atoms with E-state index < -0.39 is 5.97 Å². The van der Waals surface area contributed by atoms with Crippen LogP contribution in [-0.4, -0.2) is 17.2 Å². The van der Waals surface area contributed by atoms with E-state index in [1.165, 1.54) is 19.3 Å². The van der Waals surface area contributed by atoms with Gasteiger partial charge in [-0.1, -0.05) is 17.7 Å². The van der Waals surface area contributed by atoms with Gasteiger partial charge in [0, 0.05) is 0 Å². The van der Waals surface area contributed by atoms with E-state index in [-0.39, 0.29) is 16.7 Å². The van der Waals surface area contributed by atoms with E-state index in [1.54, 1.807) is 18.2 Å². The summed E-state index contributed by atoms with van der Waals surface area (Å²) >= 11 is 5.93. The SMILES string of the molecule is O=C(O)c1c(Cl)cccc1OC1CC2CCC1C2. The largest absolute Gasteiger partial charge is 0.489 e. The summed E-state index contributed by atoms with van der Waals surface area (Å²) in [4.78, 5) is 11.2. The molecule has 0 radical (unpaired) electrons. The van der Waals surface area contributed by atoms with Gasteiger partial charge in [-0.05, 0) is 49.7 Å². The Morgan fingerprint density at radius 1 is 1.33 bits per heavy atom. The molecule has 2 fully saturated rings. The number of halogens is 1. The molecule has 3 rings (SSSR count). The van der Waals surface area contributed by atoms with Crippen LogP contribution in [0.5, 0.6) is 5.75 Å². The lowest BCUT2D eigenvalue weighted by Crippen LogP contribution is -2.24. The number of ether oxygens (including phenoxy) is 1. The molecule has 96 valence electrons. The maximum Gasteiger partial charge on any atom is 0.341 e. The Morgan fingerprint density at radius 2 is 2.17 bits per heavy atom. The van der Waals surface area contributed by atoms with Gasteiger partial charge in [-0.2, -0.15) is 0 Å². The summed E-state index contributed by atoms with van der Waals surface area (Å²) in [6.07, 6.45) is 4.95. The van der Waals surface area contributed by atoms with Crippen LogP contribution in [0.15, 0.2) is 18.2 Å². The van der Waals surface area contributed by atoms with Gasteiger partial charge in [-0.15, -0.1) is 0 Å². The molecule has 0 amide bonds. The minimum absolute atomic E-state index is 0.0851. The van der Waals surface area contributed by atoms with Gasteiger partial charge in [-0.25, -0.2) is 4.79 Å². The number of carboxylic acid groups (broad SMARTS) is 1. The summed E-state index contributed by atoms with van der Waals surface area (Å²) in [5.74, 6) is 0.745. The van der Waals surface area contributed by atoms with Gasteiger partial charge in [0.15, 0.2) is 0 Å². The van der Waals surface area contributed by atoms with Crippen LogP contribution in [-0.2, 0) is 0 Å². The van der Waals surface area contributed by atoms with Crippen molar-refractivity contribution in [2.45, 2.75) is 31.8 Å². The van der Waals surface area contributed by atoms with Crippen molar-refractivity contribution >= 4 is 17.6 Å². The zero-order chi connectivity index (χ0) is 12.7. The highest BCUT2D eigenvalue weighted by molar-refractivity contribution is 6.33. The summed E-state index contributed by atoms with van der Waals surface area (Å²) in [6.45, 7) is 0. The number of benzene rings is 1. The molecule has 18 heavy (non-hydrogen) atoms. The molecule has 3 atom stereocenters. The van der Waals surface area contributed by atoms with Crippen molar-refractivity contribution in [3.05, 3.63) is 28.8 Å². The monoisotopic (exact) mass is 266 g/mol. The zero-order valence-corrected chi connectivity index (χ0v) is 10.7. The first-order chi connectivity index (χ1) is 8.65. The molecule has 1 aromatic carbocycles. The first-order valence-corrected chi connectivity index (χ1v) is 6.71. The Labute approximate surface area is 111 Å². The Morgan fingerprint density at radius 3 is 2.78 bits per heavy atom. The number of carbonyl (C=O) groups is 1. The number of hydrogen-bond acceptors (Lipinski definition) is 2. The maximum absolute atomic E-state index is 11.2. The molecule has 3 unspecified atom stereocenters. The molecule has 0 heterocycles. The Balaban J connectivity index is 1.84. The lowest BCUT2D eigenvalue weighted by Gasteiger charge is -2.24. The topological polar surface area (TPSA) is 46.5 Å². The normalized spacial score (nSPS) is 29.5. The van der Waals surface area contributed by atoms with Crippen molar-refractivity contribution in [2.24, 2.45) is 11.8 Å². The van der Waals surface area contributed by atoms with Crippen molar-refractivity contribution in [2.75, 3.05) is 0 Å². The molecular formula is C14H15ClO3. The summed E-state index contributed by atoms with van der Waals surface area (Å²) in [7, 11) is 0. The number of fused-ring (bicyclic) bond motifs is 2. The van der Waals surface area contributed by atoms with Crippen LogP contribution in [0.25, 0.3) is 0 Å².